The first kappa shape index (κ1) is 11.1. The molecule has 0 radical (unpaired) electrons. The fourth-order valence-electron chi connectivity index (χ4n) is 1.37. The smallest absolute Gasteiger partial charge is 0.224 e. The molecular formula is C10H10N6O. The van der Waals surface area contributed by atoms with Crippen molar-refractivity contribution in [3.8, 4) is 11.5 Å². The Balaban J connectivity index is 2.49. The highest BCUT2D eigenvalue weighted by Gasteiger charge is 2.12. The van der Waals surface area contributed by atoms with Gasteiger partial charge in [-0.25, -0.2) is 14.5 Å². The van der Waals surface area contributed by atoms with E-state index in [2.05, 4.69) is 25.5 Å². The number of rotatable bonds is 3. The molecule has 0 fully saturated rings. The van der Waals surface area contributed by atoms with E-state index >= 15 is 0 Å². The lowest BCUT2D eigenvalue weighted by atomic mass is 10.3. The van der Waals surface area contributed by atoms with Gasteiger partial charge in [0.2, 0.25) is 11.9 Å². The fourth-order valence-corrected chi connectivity index (χ4v) is 1.37. The second kappa shape index (κ2) is 4.63. The Kier molecular flexibility index (Phi) is 3.02. The molecule has 0 aromatic carbocycles. The Morgan fingerprint density at radius 3 is 2.94 bits per heavy atom. The van der Waals surface area contributed by atoms with Crippen LogP contribution in [-0.2, 0) is 4.79 Å². The van der Waals surface area contributed by atoms with Crippen LogP contribution in [0.1, 0.15) is 19.9 Å². The van der Waals surface area contributed by atoms with Crippen LogP contribution in [0, 0.1) is 0 Å². The van der Waals surface area contributed by atoms with Crippen LogP contribution < -0.4 is 0 Å². The molecule has 17 heavy (non-hydrogen) atoms. The predicted molar refractivity (Wildman–Crippen MR) is 59.2 cm³/mol. The molecule has 2 aromatic heterocycles. The zero-order chi connectivity index (χ0) is 12.3. The molecular weight excluding hydrogens is 220 g/mol. The van der Waals surface area contributed by atoms with Crippen molar-refractivity contribution in [1.82, 2.24) is 25.2 Å². The van der Waals surface area contributed by atoms with Crippen molar-refractivity contribution in [3.63, 3.8) is 0 Å². The summed E-state index contributed by atoms with van der Waals surface area (Å²) < 4.78 is 1.65. The summed E-state index contributed by atoms with van der Waals surface area (Å²) in [4.78, 5) is 17.8. The number of hydrogen-bond acceptors (Lipinski definition) is 6. The second-order valence-corrected chi connectivity index (χ2v) is 3.62. The highest BCUT2D eigenvalue weighted by molar-refractivity contribution is 5.53. The van der Waals surface area contributed by atoms with Crippen LogP contribution in [0.4, 0.5) is 5.82 Å². The monoisotopic (exact) mass is 230 g/mol. The zero-order valence-corrected chi connectivity index (χ0v) is 9.40. The maximum absolute atomic E-state index is 10.2. The van der Waals surface area contributed by atoms with Gasteiger partial charge < -0.3 is 0 Å². The van der Waals surface area contributed by atoms with Crippen LogP contribution in [-0.4, -0.2) is 31.3 Å². The molecule has 0 atom stereocenters. The minimum Gasteiger partial charge on any atom is -0.224 e. The summed E-state index contributed by atoms with van der Waals surface area (Å²) in [6, 6.07) is 5.23. The minimum absolute atomic E-state index is 0.125. The van der Waals surface area contributed by atoms with Gasteiger partial charge in [0.1, 0.15) is 5.69 Å². The molecule has 0 amide bonds. The number of carbonyl (C=O) groups excluding carboxylic acids is 1. The molecule has 0 aliphatic rings. The van der Waals surface area contributed by atoms with E-state index in [4.69, 9.17) is 0 Å². The average molecular weight is 230 g/mol. The first-order chi connectivity index (χ1) is 8.22. The molecule has 0 aliphatic carbocycles. The van der Waals surface area contributed by atoms with E-state index in [0.717, 1.165) is 0 Å². The number of isocyanates is 1. The van der Waals surface area contributed by atoms with E-state index < -0.39 is 0 Å². The topological polar surface area (TPSA) is 85.9 Å². The van der Waals surface area contributed by atoms with E-state index in [1.807, 2.05) is 13.8 Å². The van der Waals surface area contributed by atoms with Gasteiger partial charge in [-0.1, -0.05) is 6.07 Å². The molecule has 0 spiro atoms. The quantitative estimate of drug-likeness (QED) is 0.585. The third-order valence-electron chi connectivity index (χ3n) is 2.11. The lowest BCUT2D eigenvalue weighted by Crippen LogP contribution is -2.05. The maximum atomic E-state index is 10.2. The number of pyridine rings is 1. The Morgan fingerprint density at radius 2 is 2.24 bits per heavy atom. The van der Waals surface area contributed by atoms with Gasteiger partial charge in [0, 0.05) is 0 Å². The molecule has 2 rings (SSSR count). The van der Waals surface area contributed by atoms with Gasteiger partial charge >= 0.3 is 0 Å². The molecule has 0 saturated heterocycles. The van der Waals surface area contributed by atoms with E-state index in [1.165, 1.54) is 6.08 Å². The molecule has 0 N–H and O–H groups in total. The van der Waals surface area contributed by atoms with E-state index in [0.29, 0.717) is 11.5 Å². The fraction of sp³-hybridized carbons (Fsp3) is 0.300. The normalized spacial score (nSPS) is 10.3. The molecule has 0 unspecified atom stereocenters. The molecule has 0 aliphatic heterocycles. The van der Waals surface area contributed by atoms with Crippen molar-refractivity contribution < 1.29 is 4.79 Å². The van der Waals surface area contributed by atoms with Crippen LogP contribution in [0.3, 0.4) is 0 Å². The van der Waals surface area contributed by atoms with Crippen molar-refractivity contribution in [2.24, 2.45) is 4.99 Å². The lowest BCUT2D eigenvalue weighted by Gasteiger charge is -2.06. The highest BCUT2D eigenvalue weighted by atomic mass is 16.1. The van der Waals surface area contributed by atoms with Crippen molar-refractivity contribution in [2.75, 3.05) is 0 Å². The number of nitrogens with zero attached hydrogens (tertiary/aromatic N) is 6. The number of aliphatic imine (C=N–C) groups is 1. The Labute approximate surface area is 97.2 Å². The van der Waals surface area contributed by atoms with Gasteiger partial charge in [0.25, 0.3) is 0 Å². The van der Waals surface area contributed by atoms with Crippen molar-refractivity contribution in [2.45, 2.75) is 19.9 Å². The lowest BCUT2D eigenvalue weighted by molar-refractivity contribution is 0.518. The van der Waals surface area contributed by atoms with Gasteiger partial charge in [-0.05, 0) is 36.4 Å². The van der Waals surface area contributed by atoms with Gasteiger partial charge in [-0.15, -0.1) is 10.1 Å². The number of hydrogen-bond donors (Lipinski definition) is 0. The summed E-state index contributed by atoms with van der Waals surface area (Å²) in [6.45, 7) is 3.93. The molecule has 2 heterocycles. The minimum atomic E-state index is 0.125. The summed E-state index contributed by atoms with van der Waals surface area (Å²) in [5, 5.41) is 11.4. The highest BCUT2D eigenvalue weighted by Crippen LogP contribution is 2.19. The maximum Gasteiger partial charge on any atom is 0.242 e. The summed E-state index contributed by atoms with van der Waals surface area (Å²) >= 11 is 0. The van der Waals surface area contributed by atoms with Crippen LogP contribution in [0.15, 0.2) is 23.2 Å². The molecule has 2 aromatic rings. The van der Waals surface area contributed by atoms with Gasteiger partial charge in [-0.3, -0.25) is 0 Å². The first-order valence-electron chi connectivity index (χ1n) is 5.05. The van der Waals surface area contributed by atoms with Crippen molar-refractivity contribution >= 4 is 11.9 Å². The molecule has 86 valence electrons. The summed E-state index contributed by atoms with van der Waals surface area (Å²) in [5.74, 6) is 0.832. The van der Waals surface area contributed by atoms with Crippen LogP contribution in [0.25, 0.3) is 11.5 Å². The largest absolute Gasteiger partial charge is 0.242 e. The summed E-state index contributed by atoms with van der Waals surface area (Å²) in [6.07, 6.45) is 1.45. The Morgan fingerprint density at radius 1 is 1.41 bits per heavy atom. The average Bonchev–Trinajstić information content (AvgIpc) is 2.79. The Hall–Kier alpha value is -2.40. The van der Waals surface area contributed by atoms with Crippen molar-refractivity contribution in [3.05, 3.63) is 18.2 Å². The number of tetrazole rings is 1. The van der Waals surface area contributed by atoms with Crippen LogP contribution in [0.5, 0.6) is 0 Å². The predicted octanol–water partition coefficient (Wildman–Crippen LogP) is 1.28. The van der Waals surface area contributed by atoms with E-state index in [1.54, 1.807) is 22.9 Å². The van der Waals surface area contributed by atoms with Crippen LogP contribution in [0.2, 0.25) is 0 Å². The van der Waals surface area contributed by atoms with E-state index in [-0.39, 0.29) is 11.9 Å². The van der Waals surface area contributed by atoms with Gasteiger partial charge in [-0.2, -0.15) is 0 Å². The number of aromatic nitrogens is 5. The SMILES string of the molecule is CC(C)n1nnnc1-c1cccc(N=C=O)n1. The van der Waals surface area contributed by atoms with Crippen LogP contribution >= 0.6 is 0 Å². The van der Waals surface area contributed by atoms with Gasteiger partial charge in [0.15, 0.2) is 5.82 Å². The summed E-state index contributed by atoms with van der Waals surface area (Å²) in [7, 11) is 0. The third-order valence-corrected chi connectivity index (χ3v) is 2.11. The standard InChI is InChI=1S/C10H10N6O/c1-7(2)16-10(13-14-15-16)8-4-3-5-9(12-8)11-6-17/h3-5,7H,1-2H3. The van der Waals surface area contributed by atoms with E-state index in [9.17, 15) is 4.79 Å². The molecule has 7 nitrogen and oxygen atoms in total. The molecule has 0 saturated carbocycles. The molecule has 7 heteroatoms. The molecule has 0 bridgehead atoms. The first-order valence-corrected chi connectivity index (χ1v) is 5.05. The summed E-state index contributed by atoms with van der Waals surface area (Å²) in [5.41, 5.74) is 0.570. The Bertz CT molecular complexity index is 570. The second-order valence-electron chi connectivity index (χ2n) is 3.62. The zero-order valence-electron chi connectivity index (χ0n) is 9.40. The third kappa shape index (κ3) is 2.24. The van der Waals surface area contributed by atoms with Gasteiger partial charge in [0.05, 0.1) is 6.04 Å². The van der Waals surface area contributed by atoms with Crippen molar-refractivity contribution in [1.29, 1.82) is 0 Å².